The van der Waals surface area contributed by atoms with Gasteiger partial charge in [0.15, 0.2) is 0 Å². The number of ether oxygens (including phenoxy) is 1. The molecule has 1 heterocycles. The van der Waals surface area contributed by atoms with Crippen LogP contribution in [0.25, 0.3) is 0 Å². The van der Waals surface area contributed by atoms with Gasteiger partial charge in [0.05, 0.1) is 0 Å². The summed E-state index contributed by atoms with van der Waals surface area (Å²) in [6.45, 7) is 6.78. The van der Waals surface area contributed by atoms with Crippen molar-refractivity contribution in [1.29, 1.82) is 0 Å². The molecule has 96 valence electrons. The van der Waals surface area contributed by atoms with Gasteiger partial charge in [-0.15, -0.1) is 11.3 Å². The summed E-state index contributed by atoms with van der Waals surface area (Å²) in [5.41, 5.74) is -0.0929. The van der Waals surface area contributed by atoms with E-state index in [1.807, 2.05) is 24.6 Å². The molecule has 0 unspecified atom stereocenters. The van der Waals surface area contributed by atoms with Crippen molar-refractivity contribution < 1.29 is 4.74 Å². The van der Waals surface area contributed by atoms with Gasteiger partial charge in [-0.25, -0.2) is 4.98 Å². The fourth-order valence-corrected chi connectivity index (χ4v) is 3.64. The van der Waals surface area contributed by atoms with Crippen molar-refractivity contribution in [2.45, 2.75) is 58.0 Å². The highest BCUT2D eigenvalue weighted by molar-refractivity contribution is 7.11. The van der Waals surface area contributed by atoms with Gasteiger partial charge < -0.3 is 4.74 Å². The molecule has 3 heteroatoms. The average Bonchev–Trinajstić information content (AvgIpc) is 2.81. The normalized spacial score (nSPS) is 29.8. The Morgan fingerprint density at radius 2 is 2.06 bits per heavy atom. The van der Waals surface area contributed by atoms with Gasteiger partial charge in [-0.1, -0.05) is 20.8 Å². The van der Waals surface area contributed by atoms with Crippen LogP contribution in [-0.2, 0) is 10.3 Å². The number of hydrogen-bond acceptors (Lipinski definition) is 3. The summed E-state index contributed by atoms with van der Waals surface area (Å²) in [5.74, 6) is 1.40. The number of rotatable bonds is 3. The maximum Gasteiger partial charge on any atom is 0.125 e. The summed E-state index contributed by atoms with van der Waals surface area (Å²) in [7, 11) is 1.84. The Morgan fingerprint density at radius 3 is 2.53 bits per heavy atom. The molecule has 2 rings (SSSR count). The van der Waals surface area contributed by atoms with E-state index >= 15 is 0 Å². The Balaban J connectivity index is 2.22. The maximum absolute atomic E-state index is 5.85. The van der Waals surface area contributed by atoms with Gasteiger partial charge in [0.2, 0.25) is 0 Å². The van der Waals surface area contributed by atoms with Gasteiger partial charge in [0.1, 0.15) is 10.6 Å². The fourth-order valence-electron chi connectivity index (χ4n) is 2.50. The second-order valence-electron chi connectivity index (χ2n) is 5.60. The summed E-state index contributed by atoms with van der Waals surface area (Å²) in [6.07, 6.45) is 6.78. The predicted octanol–water partition coefficient (Wildman–Crippen LogP) is 4.32. The van der Waals surface area contributed by atoms with E-state index in [0.29, 0.717) is 5.92 Å². The van der Waals surface area contributed by atoms with Crippen LogP contribution in [0.5, 0.6) is 0 Å². The van der Waals surface area contributed by atoms with Gasteiger partial charge in [-0.05, 0) is 37.5 Å². The van der Waals surface area contributed by atoms with E-state index in [4.69, 9.17) is 4.74 Å². The average molecular weight is 253 g/mol. The van der Waals surface area contributed by atoms with Crippen LogP contribution in [0, 0.1) is 5.92 Å². The topological polar surface area (TPSA) is 22.1 Å². The third-order valence-electron chi connectivity index (χ3n) is 3.96. The van der Waals surface area contributed by atoms with Crippen LogP contribution in [0.15, 0.2) is 6.20 Å². The van der Waals surface area contributed by atoms with Gasteiger partial charge in [-0.2, -0.15) is 0 Å². The number of aromatic nitrogens is 1. The molecule has 1 aromatic heterocycles. The molecule has 1 aliphatic carbocycles. The Kier molecular flexibility index (Phi) is 3.88. The van der Waals surface area contributed by atoms with E-state index in [2.05, 4.69) is 25.8 Å². The first kappa shape index (κ1) is 13.0. The quantitative estimate of drug-likeness (QED) is 0.800. The molecule has 0 bridgehead atoms. The van der Waals surface area contributed by atoms with Crippen molar-refractivity contribution in [3.05, 3.63) is 16.1 Å². The number of methoxy groups -OCH3 is 1. The third kappa shape index (κ3) is 2.55. The van der Waals surface area contributed by atoms with Crippen molar-refractivity contribution in [2.24, 2.45) is 5.92 Å². The van der Waals surface area contributed by atoms with Crippen molar-refractivity contribution in [1.82, 2.24) is 4.98 Å². The first-order valence-electron chi connectivity index (χ1n) is 6.59. The summed E-state index contributed by atoms with van der Waals surface area (Å²) < 4.78 is 5.85. The van der Waals surface area contributed by atoms with Gasteiger partial charge in [0, 0.05) is 18.2 Å². The monoisotopic (exact) mass is 253 g/mol. The van der Waals surface area contributed by atoms with E-state index in [1.54, 1.807) is 0 Å². The summed E-state index contributed by atoms with van der Waals surface area (Å²) >= 11 is 1.84. The summed E-state index contributed by atoms with van der Waals surface area (Å²) in [6, 6.07) is 0. The highest BCUT2D eigenvalue weighted by atomic mass is 32.1. The standard InChI is InChI=1S/C14H23NOS/c1-10(2)12-9-15-13(17-12)14(16-4)7-5-11(3)6-8-14/h9-11H,5-8H2,1-4H3. The summed E-state index contributed by atoms with van der Waals surface area (Å²) in [4.78, 5) is 5.99. The molecule has 2 nitrogen and oxygen atoms in total. The fraction of sp³-hybridized carbons (Fsp3) is 0.786. The molecule has 0 aliphatic heterocycles. The molecule has 0 radical (unpaired) electrons. The molecule has 0 amide bonds. The van der Waals surface area contributed by atoms with Crippen molar-refractivity contribution in [2.75, 3.05) is 7.11 Å². The van der Waals surface area contributed by atoms with Crippen LogP contribution < -0.4 is 0 Å². The molecular weight excluding hydrogens is 230 g/mol. The van der Waals surface area contributed by atoms with E-state index in [1.165, 1.54) is 22.7 Å². The molecule has 0 saturated heterocycles. The molecular formula is C14H23NOS. The van der Waals surface area contributed by atoms with Crippen LogP contribution in [0.1, 0.15) is 62.3 Å². The first-order valence-corrected chi connectivity index (χ1v) is 7.40. The second kappa shape index (κ2) is 5.07. The lowest BCUT2D eigenvalue weighted by Gasteiger charge is -2.36. The highest BCUT2D eigenvalue weighted by Crippen LogP contribution is 2.44. The Bertz CT molecular complexity index is 364. The van der Waals surface area contributed by atoms with Gasteiger partial charge in [-0.3, -0.25) is 0 Å². The Hall–Kier alpha value is -0.410. The minimum atomic E-state index is -0.0929. The first-order chi connectivity index (χ1) is 8.07. The molecule has 0 spiro atoms. The molecule has 0 N–H and O–H groups in total. The zero-order valence-corrected chi connectivity index (χ0v) is 12.1. The molecule has 0 atom stereocenters. The third-order valence-corrected chi connectivity index (χ3v) is 5.44. The predicted molar refractivity (Wildman–Crippen MR) is 72.5 cm³/mol. The molecule has 1 saturated carbocycles. The molecule has 0 aromatic carbocycles. The van der Waals surface area contributed by atoms with Crippen LogP contribution in [0.4, 0.5) is 0 Å². The molecule has 1 fully saturated rings. The van der Waals surface area contributed by atoms with Crippen LogP contribution in [0.2, 0.25) is 0 Å². The number of thiazole rings is 1. The van der Waals surface area contributed by atoms with Gasteiger partial charge >= 0.3 is 0 Å². The van der Waals surface area contributed by atoms with E-state index in [0.717, 1.165) is 18.8 Å². The second-order valence-corrected chi connectivity index (χ2v) is 6.67. The lowest BCUT2D eigenvalue weighted by Crippen LogP contribution is -2.33. The minimum absolute atomic E-state index is 0.0929. The van der Waals surface area contributed by atoms with Crippen molar-refractivity contribution >= 4 is 11.3 Å². The summed E-state index contributed by atoms with van der Waals surface area (Å²) in [5, 5.41) is 1.19. The van der Waals surface area contributed by atoms with E-state index < -0.39 is 0 Å². The molecule has 1 aromatic rings. The SMILES string of the molecule is COC1(c2ncc(C(C)C)s2)CCC(C)CC1. The highest BCUT2D eigenvalue weighted by Gasteiger charge is 2.38. The van der Waals surface area contributed by atoms with Crippen molar-refractivity contribution in [3.8, 4) is 0 Å². The zero-order valence-electron chi connectivity index (χ0n) is 11.3. The van der Waals surface area contributed by atoms with Crippen molar-refractivity contribution in [3.63, 3.8) is 0 Å². The Morgan fingerprint density at radius 1 is 1.41 bits per heavy atom. The zero-order chi connectivity index (χ0) is 12.5. The van der Waals surface area contributed by atoms with E-state index in [9.17, 15) is 0 Å². The lowest BCUT2D eigenvalue weighted by molar-refractivity contribution is -0.0531. The lowest BCUT2D eigenvalue weighted by atomic mass is 9.80. The largest absolute Gasteiger partial charge is 0.371 e. The Labute approximate surface area is 108 Å². The maximum atomic E-state index is 5.85. The van der Waals surface area contributed by atoms with Crippen LogP contribution >= 0.6 is 11.3 Å². The smallest absolute Gasteiger partial charge is 0.125 e. The molecule has 1 aliphatic rings. The molecule has 17 heavy (non-hydrogen) atoms. The van der Waals surface area contributed by atoms with Crippen LogP contribution in [0.3, 0.4) is 0 Å². The van der Waals surface area contributed by atoms with E-state index in [-0.39, 0.29) is 5.60 Å². The number of nitrogens with zero attached hydrogens (tertiary/aromatic N) is 1. The minimum Gasteiger partial charge on any atom is -0.371 e. The van der Waals surface area contributed by atoms with Gasteiger partial charge in [0.25, 0.3) is 0 Å². The van der Waals surface area contributed by atoms with Crippen LogP contribution in [-0.4, -0.2) is 12.1 Å². The number of hydrogen-bond donors (Lipinski definition) is 0.